The average molecular weight is 359 g/mol. The predicted octanol–water partition coefficient (Wildman–Crippen LogP) is 3.38. The van der Waals surface area contributed by atoms with Gasteiger partial charge >= 0.3 is 5.97 Å². The molecule has 1 heterocycles. The van der Waals surface area contributed by atoms with E-state index in [2.05, 4.69) is 26.3 Å². The minimum absolute atomic E-state index is 0.569. The number of anilines is 1. The molecular formula is C13H13BrClN3O2. The number of aromatic nitrogens is 2. The SMILES string of the molecule is Cc1nn(C)cc1C(Nc1ccc(Cl)c(Br)c1)C(=O)O. The molecule has 7 heteroatoms. The molecule has 1 unspecified atom stereocenters. The number of nitrogens with zero attached hydrogens (tertiary/aromatic N) is 2. The van der Waals surface area contributed by atoms with Crippen LogP contribution >= 0.6 is 27.5 Å². The second-order valence-corrected chi connectivity index (χ2v) is 5.65. The summed E-state index contributed by atoms with van der Waals surface area (Å²) in [6.45, 7) is 1.78. The number of hydrogen-bond donors (Lipinski definition) is 2. The zero-order valence-corrected chi connectivity index (χ0v) is 13.2. The van der Waals surface area contributed by atoms with Crippen LogP contribution in [0.4, 0.5) is 5.69 Å². The molecule has 0 aliphatic carbocycles. The van der Waals surface area contributed by atoms with E-state index >= 15 is 0 Å². The number of aliphatic carboxylic acids is 1. The molecule has 106 valence electrons. The van der Waals surface area contributed by atoms with Gasteiger partial charge in [-0.15, -0.1) is 0 Å². The van der Waals surface area contributed by atoms with Crippen molar-refractivity contribution in [1.82, 2.24) is 9.78 Å². The smallest absolute Gasteiger partial charge is 0.330 e. The Bertz CT molecular complexity index is 657. The highest BCUT2D eigenvalue weighted by Crippen LogP contribution is 2.28. The van der Waals surface area contributed by atoms with Gasteiger partial charge in [-0.2, -0.15) is 5.10 Å². The number of carboxylic acid groups (broad SMARTS) is 1. The summed E-state index contributed by atoms with van der Waals surface area (Å²) in [4.78, 5) is 11.5. The molecule has 0 bridgehead atoms. The van der Waals surface area contributed by atoms with Crippen molar-refractivity contribution in [2.24, 2.45) is 7.05 Å². The summed E-state index contributed by atoms with van der Waals surface area (Å²) >= 11 is 9.23. The van der Waals surface area contributed by atoms with Crippen LogP contribution in [0.2, 0.25) is 5.02 Å². The molecule has 0 fully saturated rings. The largest absolute Gasteiger partial charge is 0.479 e. The molecule has 0 saturated heterocycles. The van der Waals surface area contributed by atoms with Crippen LogP contribution in [0.15, 0.2) is 28.9 Å². The molecule has 0 aliphatic rings. The van der Waals surface area contributed by atoms with E-state index in [0.29, 0.717) is 26.4 Å². The number of halogens is 2. The van der Waals surface area contributed by atoms with E-state index in [9.17, 15) is 9.90 Å². The summed E-state index contributed by atoms with van der Waals surface area (Å²) in [5.74, 6) is -0.966. The van der Waals surface area contributed by atoms with Crippen LogP contribution in [0.5, 0.6) is 0 Å². The number of carbonyl (C=O) groups is 1. The molecule has 1 aromatic carbocycles. The average Bonchev–Trinajstić information content (AvgIpc) is 2.69. The van der Waals surface area contributed by atoms with Crippen molar-refractivity contribution < 1.29 is 9.90 Å². The van der Waals surface area contributed by atoms with Gasteiger partial charge in [0.05, 0.1) is 10.7 Å². The van der Waals surface area contributed by atoms with Crippen molar-refractivity contribution >= 4 is 39.2 Å². The van der Waals surface area contributed by atoms with Crippen LogP contribution in [0.3, 0.4) is 0 Å². The first kappa shape index (κ1) is 14.9. The van der Waals surface area contributed by atoms with E-state index in [0.717, 1.165) is 0 Å². The van der Waals surface area contributed by atoms with Crippen LogP contribution in [0, 0.1) is 6.92 Å². The van der Waals surface area contributed by atoms with Gasteiger partial charge in [0.15, 0.2) is 6.04 Å². The van der Waals surface area contributed by atoms with Gasteiger partial charge in [0, 0.05) is 29.0 Å². The Kier molecular flexibility index (Phi) is 4.35. The minimum atomic E-state index is -0.966. The lowest BCUT2D eigenvalue weighted by molar-refractivity contribution is -0.138. The van der Waals surface area contributed by atoms with Gasteiger partial charge in [-0.3, -0.25) is 4.68 Å². The zero-order chi connectivity index (χ0) is 14.9. The van der Waals surface area contributed by atoms with E-state index in [1.807, 2.05) is 0 Å². The lowest BCUT2D eigenvalue weighted by atomic mass is 10.1. The first-order valence-electron chi connectivity index (χ1n) is 5.83. The van der Waals surface area contributed by atoms with E-state index < -0.39 is 12.0 Å². The number of benzene rings is 1. The summed E-state index contributed by atoms with van der Waals surface area (Å²) in [6, 6.07) is 4.30. The van der Waals surface area contributed by atoms with Gasteiger partial charge < -0.3 is 10.4 Å². The quantitative estimate of drug-likeness (QED) is 0.879. The predicted molar refractivity (Wildman–Crippen MR) is 81.1 cm³/mol. The molecule has 2 aromatic rings. The lowest BCUT2D eigenvalue weighted by Gasteiger charge is -2.15. The topological polar surface area (TPSA) is 67.2 Å². The van der Waals surface area contributed by atoms with Gasteiger partial charge in [0.1, 0.15) is 0 Å². The third-order valence-electron chi connectivity index (χ3n) is 2.84. The normalized spacial score (nSPS) is 12.2. The Morgan fingerprint density at radius 2 is 2.25 bits per heavy atom. The Morgan fingerprint density at radius 1 is 1.55 bits per heavy atom. The molecule has 0 spiro atoms. The lowest BCUT2D eigenvalue weighted by Crippen LogP contribution is -2.20. The maximum absolute atomic E-state index is 11.5. The first-order valence-corrected chi connectivity index (χ1v) is 7.00. The molecule has 0 radical (unpaired) electrons. The molecular weight excluding hydrogens is 346 g/mol. The van der Waals surface area contributed by atoms with Gasteiger partial charge in [-0.25, -0.2) is 4.79 Å². The number of hydrogen-bond acceptors (Lipinski definition) is 3. The fourth-order valence-electron chi connectivity index (χ4n) is 1.93. The molecule has 20 heavy (non-hydrogen) atoms. The Hall–Kier alpha value is -1.53. The highest BCUT2D eigenvalue weighted by molar-refractivity contribution is 9.10. The number of nitrogens with one attached hydrogen (secondary N) is 1. The number of aryl methyl sites for hydroxylation is 2. The van der Waals surface area contributed by atoms with Crippen LogP contribution in [-0.4, -0.2) is 20.9 Å². The van der Waals surface area contributed by atoms with Gasteiger partial charge in [0.25, 0.3) is 0 Å². The van der Waals surface area contributed by atoms with Gasteiger partial charge in [-0.1, -0.05) is 11.6 Å². The van der Waals surface area contributed by atoms with Gasteiger partial charge in [-0.05, 0) is 41.1 Å². The molecule has 1 atom stereocenters. The first-order chi connectivity index (χ1) is 9.38. The van der Waals surface area contributed by atoms with Crippen LogP contribution in [0.25, 0.3) is 0 Å². The maximum Gasteiger partial charge on any atom is 0.330 e. The van der Waals surface area contributed by atoms with Crippen LogP contribution < -0.4 is 5.32 Å². The molecule has 5 nitrogen and oxygen atoms in total. The standard InChI is InChI=1S/C13H13BrClN3O2/c1-7-9(6-18(2)17-7)12(13(19)20)16-8-3-4-11(15)10(14)5-8/h3-6,12,16H,1-2H3,(H,19,20). The minimum Gasteiger partial charge on any atom is -0.479 e. The van der Waals surface area contributed by atoms with Gasteiger partial charge in [0.2, 0.25) is 0 Å². The Balaban J connectivity index is 2.33. The van der Waals surface area contributed by atoms with Crippen molar-refractivity contribution in [3.05, 3.63) is 45.1 Å². The second-order valence-electron chi connectivity index (χ2n) is 4.39. The van der Waals surface area contributed by atoms with E-state index in [-0.39, 0.29) is 0 Å². The van der Waals surface area contributed by atoms with E-state index in [1.165, 1.54) is 0 Å². The second kappa shape index (κ2) is 5.85. The van der Waals surface area contributed by atoms with E-state index in [1.54, 1.807) is 43.0 Å². The molecule has 2 rings (SSSR count). The summed E-state index contributed by atoms with van der Waals surface area (Å²) < 4.78 is 2.30. The molecule has 1 aromatic heterocycles. The van der Waals surface area contributed by atoms with Crippen molar-refractivity contribution in [3.8, 4) is 0 Å². The number of carboxylic acids is 1. The molecule has 0 amide bonds. The third-order valence-corrected chi connectivity index (χ3v) is 4.05. The monoisotopic (exact) mass is 357 g/mol. The molecule has 0 aliphatic heterocycles. The van der Waals surface area contributed by atoms with Crippen LogP contribution in [-0.2, 0) is 11.8 Å². The highest BCUT2D eigenvalue weighted by atomic mass is 79.9. The summed E-state index contributed by atoms with van der Waals surface area (Å²) in [6.07, 6.45) is 1.70. The summed E-state index contributed by atoms with van der Waals surface area (Å²) in [7, 11) is 1.76. The molecule has 0 saturated carbocycles. The van der Waals surface area contributed by atoms with Crippen molar-refractivity contribution in [1.29, 1.82) is 0 Å². The number of rotatable bonds is 4. The van der Waals surface area contributed by atoms with Crippen molar-refractivity contribution in [3.63, 3.8) is 0 Å². The fourth-order valence-corrected chi connectivity index (χ4v) is 2.42. The van der Waals surface area contributed by atoms with Crippen LogP contribution in [0.1, 0.15) is 17.3 Å². The third kappa shape index (κ3) is 3.13. The Labute approximate surface area is 129 Å². The summed E-state index contributed by atoms with van der Waals surface area (Å²) in [5, 5.41) is 17.1. The van der Waals surface area contributed by atoms with Crippen molar-refractivity contribution in [2.75, 3.05) is 5.32 Å². The molecule has 2 N–H and O–H groups in total. The Morgan fingerprint density at radius 3 is 2.75 bits per heavy atom. The fraction of sp³-hybridized carbons (Fsp3) is 0.231. The summed E-state index contributed by atoms with van der Waals surface area (Å²) in [5.41, 5.74) is 1.98. The highest BCUT2D eigenvalue weighted by Gasteiger charge is 2.23. The zero-order valence-electron chi connectivity index (χ0n) is 10.9. The van der Waals surface area contributed by atoms with Crippen molar-refractivity contribution in [2.45, 2.75) is 13.0 Å². The van der Waals surface area contributed by atoms with E-state index in [4.69, 9.17) is 11.6 Å². The maximum atomic E-state index is 11.5.